The van der Waals surface area contributed by atoms with Crippen molar-refractivity contribution in [3.63, 3.8) is 0 Å². The van der Waals surface area contributed by atoms with Crippen LogP contribution in [0.1, 0.15) is 77.6 Å². The minimum atomic E-state index is 0.319. The average Bonchev–Trinajstić information content (AvgIpc) is 2.63. The second kappa shape index (κ2) is 22.8. The van der Waals surface area contributed by atoms with Crippen molar-refractivity contribution in [1.82, 2.24) is 0 Å². The van der Waals surface area contributed by atoms with Gasteiger partial charge in [-0.15, -0.1) is 0 Å². The molecule has 132 valence electrons. The maximum Gasteiger partial charge on any atom is 0.123 e. The second-order valence-corrected chi connectivity index (χ2v) is 5.60. The van der Waals surface area contributed by atoms with E-state index in [1.165, 1.54) is 38.5 Å². The molecule has 1 rings (SSSR count). The molecular weight excluding hydrogens is 288 g/mol. The molecule has 0 N–H and O–H groups in total. The van der Waals surface area contributed by atoms with Crippen molar-refractivity contribution in [1.29, 1.82) is 0 Å². The van der Waals surface area contributed by atoms with Gasteiger partial charge >= 0.3 is 0 Å². The summed E-state index contributed by atoms with van der Waals surface area (Å²) in [7, 11) is 0. The molecule has 1 atom stereocenters. The third-order valence-corrected chi connectivity index (χ3v) is 3.59. The van der Waals surface area contributed by atoms with E-state index in [0.29, 0.717) is 12.3 Å². The normalized spacial score (nSPS) is 16.0. The van der Waals surface area contributed by atoms with Gasteiger partial charge in [0.05, 0.1) is 0 Å². The molecule has 0 heterocycles. The van der Waals surface area contributed by atoms with Gasteiger partial charge in [0.2, 0.25) is 0 Å². The molecule has 3 heteroatoms. The minimum Gasteiger partial charge on any atom is -0.307 e. The van der Waals surface area contributed by atoms with Gasteiger partial charge in [0, 0.05) is 12.3 Å². The van der Waals surface area contributed by atoms with Crippen LogP contribution < -0.4 is 0 Å². The highest BCUT2D eigenvalue weighted by Gasteiger charge is 2.06. The van der Waals surface area contributed by atoms with Crippen molar-refractivity contribution in [3.8, 4) is 0 Å². The summed E-state index contributed by atoms with van der Waals surface area (Å²) in [6.07, 6.45) is 23.2. The fourth-order valence-electron chi connectivity index (χ4n) is 2.21. The van der Waals surface area contributed by atoms with Gasteiger partial charge in [0.25, 0.3) is 0 Å². The number of carbonyl (C=O) groups excluding carboxylic acids is 3. The molecule has 0 aromatic carbocycles. The number of carbonyl (C=O) groups is 3. The van der Waals surface area contributed by atoms with Crippen LogP contribution in [0.3, 0.4) is 0 Å². The first-order valence-electron chi connectivity index (χ1n) is 8.82. The zero-order chi connectivity index (χ0) is 17.6. The Morgan fingerprint density at radius 1 is 0.957 bits per heavy atom. The monoisotopic (exact) mass is 322 g/mol. The lowest BCUT2D eigenvalue weighted by atomic mass is 9.96. The lowest BCUT2D eigenvalue weighted by molar-refractivity contribution is -0.111. The molecule has 1 unspecified atom stereocenters. The molecule has 1 aliphatic rings. The van der Waals surface area contributed by atoms with Gasteiger partial charge in [-0.25, -0.2) is 0 Å². The molecule has 0 saturated heterocycles. The van der Waals surface area contributed by atoms with E-state index in [1.807, 2.05) is 6.79 Å². The molecule has 0 aliphatic heterocycles. The first-order chi connectivity index (χ1) is 11.3. The maximum atomic E-state index is 10.1. The Balaban J connectivity index is 0. The van der Waals surface area contributed by atoms with Gasteiger partial charge in [0.15, 0.2) is 0 Å². The van der Waals surface area contributed by atoms with Gasteiger partial charge in [-0.05, 0) is 38.5 Å². The lowest BCUT2D eigenvalue weighted by Crippen LogP contribution is -2.02. The fraction of sp³-hybridized carbons (Fsp3) is 0.650. The molecule has 0 bridgehead atoms. The van der Waals surface area contributed by atoms with Crippen LogP contribution in [0.5, 0.6) is 0 Å². The molecule has 0 amide bonds. The van der Waals surface area contributed by atoms with Crippen LogP contribution in [0.25, 0.3) is 0 Å². The lowest BCUT2D eigenvalue weighted by Gasteiger charge is -2.08. The molecular formula is C20H34O3. The zero-order valence-electron chi connectivity index (χ0n) is 14.8. The van der Waals surface area contributed by atoms with Gasteiger partial charge in [-0.2, -0.15) is 0 Å². The van der Waals surface area contributed by atoms with Crippen LogP contribution in [0.15, 0.2) is 24.3 Å². The molecule has 1 aliphatic carbocycles. The van der Waals surface area contributed by atoms with Crippen LogP contribution >= 0.6 is 0 Å². The predicted molar refractivity (Wildman–Crippen MR) is 97.5 cm³/mol. The Hall–Kier alpha value is -1.51. The van der Waals surface area contributed by atoms with E-state index in [1.54, 1.807) is 0 Å². The molecule has 0 saturated carbocycles. The average molecular weight is 322 g/mol. The van der Waals surface area contributed by atoms with Crippen molar-refractivity contribution in [2.24, 2.45) is 5.92 Å². The third kappa shape index (κ3) is 20.5. The van der Waals surface area contributed by atoms with Crippen LogP contribution in [0.4, 0.5) is 0 Å². The van der Waals surface area contributed by atoms with Gasteiger partial charge in [0.1, 0.15) is 19.4 Å². The highest BCUT2D eigenvalue weighted by molar-refractivity contribution is 5.54. The highest BCUT2D eigenvalue weighted by Crippen LogP contribution is 2.14. The van der Waals surface area contributed by atoms with E-state index in [4.69, 9.17) is 4.79 Å². The van der Waals surface area contributed by atoms with E-state index in [9.17, 15) is 9.59 Å². The Labute approximate surface area is 142 Å². The van der Waals surface area contributed by atoms with Crippen molar-refractivity contribution < 1.29 is 14.4 Å². The minimum absolute atomic E-state index is 0.319. The van der Waals surface area contributed by atoms with Crippen LogP contribution in [-0.2, 0) is 14.4 Å². The summed E-state index contributed by atoms with van der Waals surface area (Å²) in [6.45, 7) is 4.24. The van der Waals surface area contributed by atoms with Crippen molar-refractivity contribution in [2.45, 2.75) is 77.6 Å². The SMILES string of the molecule is C=O.CCCCCCCC=CCCC=O.O=CC1CC=CCC1. The maximum absolute atomic E-state index is 10.1. The van der Waals surface area contributed by atoms with Crippen LogP contribution in [0.2, 0.25) is 0 Å². The first kappa shape index (κ1) is 23.8. The van der Waals surface area contributed by atoms with E-state index in [2.05, 4.69) is 31.2 Å². The molecule has 0 aromatic heterocycles. The van der Waals surface area contributed by atoms with Crippen molar-refractivity contribution >= 4 is 19.4 Å². The molecule has 0 spiro atoms. The molecule has 0 fully saturated rings. The molecule has 23 heavy (non-hydrogen) atoms. The topological polar surface area (TPSA) is 51.2 Å². The summed E-state index contributed by atoms with van der Waals surface area (Å²) >= 11 is 0. The Morgan fingerprint density at radius 3 is 2.17 bits per heavy atom. The van der Waals surface area contributed by atoms with Gasteiger partial charge in [-0.3, -0.25) is 0 Å². The van der Waals surface area contributed by atoms with Gasteiger partial charge in [-0.1, -0.05) is 56.9 Å². The summed E-state index contributed by atoms with van der Waals surface area (Å²) in [5, 5.41) is 0. The highest BCUT2D eigenvalue weighted by atomic mass is 16.1. The fourth-order valence-corrected chi connectivity index (χ4v) is 2.21. The summed E-state index contributed by atoms with van der Waals surface area (Å²) in [5.41, 5.74) is 0. The van der Waals surface area contributed by atoms with Crippen LogP contribution in [-0.4, -0.2) is 19.4 Å². The van der Waals surface area contributed by atoms with Crippen molar-refractivity contribution in [2.75, 3.05) is 0 Å². The Bertz CT molecular complexity index is 308. The summed E-state index contributed by atoms with van der Waals surface area (Å²) in [4.78, 5) is 28.1. The largest absolute Gasteiger partial charge is 0.307 e. The molecule has 3 nitrogen and oxygen atoms in total. The summed E-state index contributed by atoms with van der Waals surface area (Å²) < 4.78 is 0. The molecule has 0 radical (unpaired) electrons. The third-order valence-electron chi connectivity index (χ3n) is 3.59. The predicted octanol–water partition coefficient (Wildman–Crippen LogP) is 5.24. The number of unbranched alkanes of at least 4 members (excludes halogenated alkanes) is 6. The second-order valence-electron chi connectivity index (χ2n) is 5.60. The standard InChI is InChI=1S/C12H22O.C7H10O.CH2O/c1-2-3-4-5-6-7-8-9-10-11-12-13;8-6-7-4-2-1-3-5-7;1-2/h8-9,12H,2-7,10-11H2,1H3;1-2,6-7H,3-5H2;1H2. The van der Waals surface area contributed by atoms with Crippen molar-refractivity contribution in [3.05, 3.63) is 24.3 Å². The van der Waals surface area contributed by atoms with E-state index >= 15 is 0 Å². The number of aldehydes is 2. The molecule has 0 aromatic rings. The Morgan fingerprint density at radius 2 is 1.65 bits per heavy atom. The quantitative estimate of drug-likeness (QED) is 0.314. The number of hydrogen-bond donors (Lipinski definition) is 0. The summed E-state index contributed by atoms with van der Waals surface area (Å²) in [6, 6.07) is 0. The van der Waals surface area contributed by atoms with E-state index in [0.717, 1.165) is 38.3 Å². The van der Waals surface area contributed by atoms with E-state index in [-0.39, 0.29) is 0 Å². The Kier molecular flexibility index (Phi) is 23.5. The summed E-state index contributed by atoms with van der Waals surface area (Å²) in [5.74, 6) is 0.319. The first-order valence-corrected chi connectivity index (χ1v) is 8.82. The van der Waals surface area contributed by atoms with E-state index < -0.39 is 0 Å². The van der Waals surface area contributed by atoms with Crippen LogP contribution in [0, 0.1) is 5.92 Å². The zero-order valence-corrected chi connectivity index (χ0v) is 14.8. The van der Waals surface area contributed by atoms with Gasteiger partial charge < -0.3 is 14.4 Å². The number of allylic oxidation sites excluding steroid dienone is 4. The number of rotatable bonds is 10. The number of hydrogen-bond acceptors (Lipinski definition) is 3. The smallest absolute Gasteiger partial charge is 0.123 e.